The van der Waals surface area contributed by atoms with Gasteiger partial charge in [-0.3, -0.25) is 4.79 Å². The summed E-state index contributed by atoms with van der Waals surface area (Å²) in [6.07, 6.45) is 0.294. The molecule has 1 aliphatic rings. The van der Waals surface area contributed by atoms with Crippen molar-refractivity contribution in [3.05, 3.63) is 65.2 Å². The molecule has 0 saturated carbocycles. The Morgan fingerprint density at radius 1 is 1.03 bits per heavy atom. The van der Waals surface area contributed by atoms with Crippen molar-refractivity contribution >= 4 is 37.6 Å². The largest absolute Gasteiger partial charge is 0.308 e. The lowest BCUT2D eigenvalue weighted by molar-refractivity contribution is -0.127. The number of amides is 1. The number of hydrogen-bond acceptors (Lipinski definition) is 5. The quantitative estimate of drug-likeness (QED) is 0.620. The highest BCUT2D eigenvalue weighted by Crippen LogP contribution is 2.31. The van der Waals surface area contributed by atoms with Gasteiger partial charge in [0.05, 0.1) is 4.90 Å². The topological polar surface area (TPSA) is 91.8 Å². The zero-order chi connectivity index (χ0) is 22.1. The van der Waals surface area contributed by atoms with Crippen molar-refractivity contribution in [3.63, 3.8) is 0 Å². The number of sulfone groups is 1. The zero-order valence-electron chi connectivity index (χ0n) is 16.6. The second-order valence-corrected chi connectivity index (χ2v) is 11.8. The van der Waals surface area contributed by atoms with E-state index in [9.17, 15) is 21.6 Å². The molecular formula is C20H23ClN2O5S2. The summed E-state index contributed by atoms with van der Waals surface area (Å²) >= 11 is 5.80. The maximum absolute atomic E-state index is 13.2. The highest BCUT2D eigenvalue weighted by molar-refractivity contribution is 7.93. The molecule has 0 N–H and O–H groups in total. The average molecular weight is 471 g/mol. The fourth-order valence-electron chi connectivity index (χ4n) is 3.31. The summed E-state index contributed by atoms with van der Waals surface area (Å²) in [4.78, 5) is 12.9. The fourth-order valence-corrected chi connectivity index (χ4v) is 6.93. The summed E-state index contributed by atoms with van der Waals surface area (Å²) in [6.45, 7) is 3.76. The van der Waals surface area contributed by atoms with Gasteiger partial charge in [0.2, 0.25) is 0 Å². The molecule has 162 valence electrons. The van der Waals surface area contributed by atoms with E-state index in [4.69, 9.17) is 11.6 Å². The summed E-state index contributed by atoms with van der Waals surface area (Å²) in [5.74, 6) is -1.63. The van der Waals surface area contributed by atoms with E-state index >= 15 is 0 Å². The Morgan fingerprint density at radius 2 is 1.63 bits per heavy atom. The third-order valence-electron chi connectivity index (χ3n) is 4.79. The molecule has 2 aromatic carbocycles. The molecule has 10 heteroatoms. The van der Waals surface area contributed by atoms with E-state index < -0.39 is 37.9 Å². The van der Waals surface area contributed by atoms with Crippen molar-refractivity contribution in [1.82, 2.24) is 8.61 Å². The smallest absolute Gasteiger partial charge is 0.272 e. The molecular weight excluding hydrogens is 448 g/mol. The van der Waals surface area contributed by atoms with E-state index in [0.717, 1.165) is 4.31 Å². The third-order valence-corrected chi connectivity index (χ3v) is 8.64. The molecule has 1 aliphatic heterocycles. The van der Waals surface area contributed by atoms with E-state index in [1.807, 2.05) is 19.9 Å². The van der Waals surface area contributed by atoms with Gasteiger partial charge in [0, 0.05) is 11.6 Å². The van der Waals surface area contributed by atoms with E-state index in [1.165, 1.54) is 24.3 Å². The lowest BCUT2D eigenvalue weighted by atomic mass is 10.0. The van der Waals surface area contributed by atoms with Crippen LogP contribution in [0.1, 0.15) is 25.8 Å². The Hall–Kier alpha value is -1.94. The molecule has 30 heavy (non-hydrogen) atoms. The van der Waals surface area contributed by atoms with Crippen LogP contribution in [0.15, 0.2) is 59.5 Å². The Labute approximate surface area is 182 Å². The normalized spacial score (nSPS) is 19.5. The highest BCUT2D eigenvalue weighted by Gasteiger charge is 2.51. The van der Waals surface area contributed by atoms with Gasteiger partial charge in [-0.15, -0.1) is 0 Å². The van der Waals surface area contributed by atoms with Crippen LogP contribution in [0.5, 0.6) is 0 Å². The second kappa shape index (κ2) is 8.66. The molecule has 0 aliphatic carbocycles. The van der Waals surface area contributed by atoms with Crippen LogP contribution in [0, 0.1) is 5.92 Å². The van der Waals surface area contributed by atoms with Crippen LogP contribution in [0.4, 0.5) is 0 Å². The van der Waals surface area contributed by atoms with Crippen LogP contribution in [-0.2, 0) is 31.4 Å². The minimum Gasteiger partial charge on any atom is -0.272 e. The monoisotopic (exact) mass is 470 g/mol. The molecule has 1 amide bonds. The number of carbonyl (C=O) groups excluding carboxylic acids is 1. The van der Waals surface area contributed by atoms with Gasteiger partial charge in [0.25, 0.3) is 5.91 Å². The van der Waals surface area contributed by atoms with Crippen molar-refractivity contribution in [2.75, 3.05) is 5.88 Å². The van der Waals surface area contributed by atoms with Crippen molar-refractivity contribution < 1.29 is 21.6 Å². The molecule has 1 fully saturated rings. The molecule has 0 bridgehead atoms. The first-order valence-corrected chi connectivity index (χ1v) is 12.8. The standard InChI is InChI=1S/C20H23ClN2O5S2/c1-15(2)12-19-20(24)23(14-29(25,26)18-10-8-17(21)9-11-18)30(27,28)22(19)13-16-6-4-3-5-7-16/h3-11,15,19H,12-14H2,1-2H3. The molecule has 0 aromatic heterocycles. The van der Waals surface area contributed by atoms with E-state index in [-0.39, 0.29) is 17.4 Å². The first-order valence-electron chi connectivity index (χ1n) is 9.38. The van der Waals surface area contributed by atoms with Gasteiger partial charge in [-0.1, -0.05) is 55.8 Å². The van der Waals surface area contributed by atoms with Crippen LogP contribution in [-0.4, -0.2) is 43.3 Å². The Balaban J connectivity index is 1.96. The van der Waals surface area contributed by atoms with Crippen LogP contribution >= 0.6 is 11.6 Å². The van der Waals surface area contributed by atoms with E-state index in [1.54, 1.807) is 24.3 Å². The summed E-state index contributed by atoms with van der Waals surface area (Å²) in [7, 11) is -8.38. The first-order chi connectivity index (χ1) is 14.0. The molecule has 1 saturated heterocycles. The molecule has 1 heterocycles. The van der Waals surface area contributed by atoms with Gasteiger partial charge >= 0.3 is 10.2 Å². The summed E-state index contributed by atoms with van der Waals surface area (Å²) in [6, 6.07) is 13.3. The average Bonchev–Trinajstić information content (AvgIpc) is 2.84. The molecule has 0 spiro atoms. The van der Waals surface area contributed by atoms with Crippen LogP contribution in [0.3, 0.4) is 0 Å². The van der Waals surface area contributed by atoms with Crippen LogP contribution < -0.4 is 0 Å². The van der Waals surface area contributed by atoms with Gasteiger partial charge in [0.1, 0.15) is 11.9 Å². The van der Waals surface area contributed by atoms with Crippen LogP contribution in [0.2, 0.25) is 5.02 Å². The van der Waals surface area contributed by atoms with Gasteiger partial charge in [-0.25, -0.2) is 12.7 Å². The van der Waals surface area contributed by atoms with Crippen molar-refractivity contribution in [3.8, 4) is 0 Å². The SMILES string of the molecule is CC(C)CC1C(=O)N(CS(=O)(=O)c2ccc(Cl)cc2)S(=O)(=O)N1Cc1ccccc1. The molecule has 7 nitrogen and oxygen atoms in total. The molecule has 1 unspecified atom stereocenters. The highest BCUT2D eigenvalue weighted by atomic mass is 35.5. The minimum absolute atomic E-state index is 0.0101. The maximum Gasteiger partial charge on any atom is 0.308 e. The summed E-state index contributed by atoms with van der Waals surface area (Å²) in [5, 5.41) is 0.352. The van der Waals surface area contributed by atoms with Crippen molar-refractivity contribution in [2.45, 2.75) is 37.8 Å². The molecule has 3 rings (SSSR count). The third kappa shape index (κ3) is 4.69. The number of hydrogen-bond donors (Lipinski definition) is 0. The van der Waals surface area contributed by atoms with E-state index in [2.05, 4.69) is 0 Å². The predicted molar refractivity (Wildman–Crippen MR) is 114 cm³/mol. The minimum atomic E-state index is -4.31. The Kier molecular flexibility index (Phi) is 6.57. The van der Waals surface area contributed by atoms with E-state index in [0.29, 0.717) is 21.3 Å². The Bertz CT molecular complexity index is 1120. The van der Waals surface area contributed by atoms with Gasteiger partial charge in [-0.05, 0) is 42.2 Å². The lowest BCUT2D eigenvalue weighted by Crippen LogP contribution is -2.37. The van der Waals surface area contributed by atoms with Gasteiger partial charge in [0.15, 0.2) is 9.84 Å². The lowest BCUT2D eigenvalue weighted by Gasteiger charge is -2.21. The first kappa shape index (κ1) is 22.7. The second-order valence-electron chi connectivity index (χ2n) is 7.57. The molecule has 2 aromatic rings. The zero-order valence-corrected chi connectivity index (χ0v) is 19.0. The van der Waals surface area contributed by atoms with Crippen LogP contribution in [0.25, 0.3) is 0 Å². The number of rotatable bonds is 7. The molecule has 0 radical (unpaired) electrons. The van der Waals surface area contributed by atoms with Gasteiger partial charge < -0.3 is 0 Å². The number of nitrogens with zero attached hydrogens (tertiary/aromatic N) is 2. The van der Waals surface area contributed by atoms with Crippen molar-refractivity contribution in [2.24, 2.45) is 5.92 Å². The summed E-state index contributed by atoms with van der Waals surface area (Å²) in [5.41, 5.74) is 0.713. The Morgan fingerprint density at radius 3 is 2.20 bits per heavy atom. The van der Waals surface area contributed by atoms with Gasteiger partial charge in [-0.2, -0.15) is 12.7 Å². The summed E-state index contributed by atoms with van der Waals surface area (Å²) < 4.78 is 53.6. The number of halogens is 1. The number of benzene rings is 2. The van der Waals surface area contributed by atoms with Crippen molar-refractivity contribution in [1.29, 1.82) is 0 Å². The number of carbonyl (C=O) groups is 1. The maximum atomic E-state index is 13.2. The predicted octanol–water partition coefficient (Wildman–Crippen LogP) is 3.08. The fraction of sp³-hybridized carbons (Fsp3) is 0.350. The molecule has 1 atom stereocenters.